The molecule has 4 saturated carbocycles. The van der Waals surface area contributed by atoms with Gasteiger partial charge in [-0.1, -0.05) is 6.08 Å². The van der Waals surface area contributed by atoms with Crippen molar-refractivity contribution in [1.29, 1.82) is 0 Å². The fourth-order valence-corrected chi connectivity index (χ4v) is 6.80. The minimum atomic E-state index is -0.719. The van der Waals surface area contributed by atoms with E-state index in [1.165, 1.54) is 0 Å². The highest BCUT2D eigenvalue weighted by Crippen LogP contribution is 2.55. The lowest BCUT2D eigenvalue weighted by Crippen LogP contribution is -2.66. The highest BCUT2D eigenvalue weighted by molar-refractivity contribution is 5.99. The normalized spacial score (nSPS) is 29.0. The van der Waals surface area contributed by atoms with Crippen molar-refractivity contribution in [3.05, 3.63) is 17.8 Å². The van der Waals surface area contributed by atoms with Gasteiger partial charge in [-0.15, -0.1) is 0 Å². The second-order valence-corrected chi connectivity index (χ2v) is 12.0. The molecule has 0 radical (unpaired) electrons. The molecule has 9 heteroatoms. The van der Waals surface area contributed by atoms with Gasteiger partial charge >= 0.3 is 0 Å². The first-order valence-electron chi connectivity index (χ1n) is 13.3. The Kier molecular flexibility index (Phi) is 7.21. The van der Waals surface area contributed by atoms with Crippen LogP contribution >= 0.6 is 0 Å². The van der Waals surface area contributed by atoms with Crippen LogP contribution in [0, 0.1) is 23.2 Å². The molecule has 4 fully saturated rings. The fraction of sp³-hybridized carbons (Fsp3) is 0.704. The lowest BCUT2D eigenvalue weighted by Gasteiger charge is -2.60. The molecule has 5 rings (SSSR count). The number of rotatable bonds is 9. The van der Waals surface area contributed by atoms with Crippen molar-refractivity contribution in [1.82, 2.24) is 25.7 Å². The Bertz CT molecular complexity index is 1030. The summed E-state index contributed by atoms with van der Waals surface area (Å²) in [5, 5.41) is 17.3. The molecule has 4 bridgehead atoms. The van der Waals surface area contributed by atoms with Crippen molar-refractivity contribution >= 4 is 29.7 Å². The van der Waals surface area contributed by atoms with Gasteiger partial charge in [-0.05, 0) is 84.5 Å². The molecule has 198 valence electrons. The van der Waals surface area contributed by atoms with Crippen LogP contribution in [0.1, 0.15) is 84.0 Å². The van der Waals surface area contributed by atoms with E-state index in [9.17, 15) is 14.4 Å². The molecule has 0 spiro atoms. The second-order valence-electron chi connectivity index (χ2n) is 12.0. The van der Waals surface area contributed by atoms with Gasteiger partial charge in [0.2, 0.25) is 11.8 Å². The van der Waals surface area contributed by atoms with Crippen molar-refractivity contribution in [2.45, 2.75) is 91.3 Å². The third kappa shape index (κ3) is 5.30. The molecule has 0 saturated heterocycles. The molecule has 2 atom stereocenters. The number of hydrogen-bond donors (Lipinski definition) is 4. The standard InChI is InChI=1S/C27H42N6O3/c1-7-28-25(36)26(5,6)8-9-33-23(30-16(2)3)21(15-29-33)24(35)31-22-19-10-18-11-20(22)14-27(12-18,13-19)32-17(4)34/h8-9,15-16,18-20,22,30H,7,10-14H2,1-6H3,(H,28,36)(H,31,35)(H,32,34)/b9-8+. The quantitative estimate of drug-likeness (QED) is 0.417. The lowest BCUT2D eigenvalue weighted by atomic mass is 9.51. The second kappa shape index (κ2) is 9.90. The number of carbonyl (C=O) groups excluding carboxylic acids is 3. The molecule has 0 aliphatic heterocycles. The Balaban J connectivity index is 1.52. The zero-order valence-corrected chi connectivity index (χ0v) is 22.5. The van der Waals surface area contributed by atoms with E-state index >= 15 is 0 Å². The van der Waals surface area contributed by atoms with E-state index in [-0.39, 0.29) is 35.3 Å². The van der Waals surface area contributed by atoms with Gasteiger partial charge in [-0.3, -0.25) is 14.4 Å². The molecule has 4 aliphatic rings. The fourth-order valence-electron chi connectivity index (χ4n) is 6.80. The molecule has 0 aromatic carbocycles. The first kappa shape index (κ1) is 26.2. The Morgan fingerprint density at radius 2 is 1.86 bits per heavy atom. The number of carbonyl (C=O) groups is 3. The molecule has 9 nitrogen and oxygen atoms in total. The van der Waals surface area contributed by atoms with E-state index in [2.05, 4.69) is 26.4 Å². The number of anilines is 1. The number of nitrogens with one attached hydrogen (secondary N) is 4. The Labute approximate surface area is 214 Å². The molecule has 4 N–H and O–H groups in total. The van der Waals surface area contributed by atoms with Gasteiger partial charge in [0, 0.05) is 37.3 Å². The molecule has 3 amide bonds. The van der Waals surface area contributed by atoms with E-state index in [1.54, 1.807) is 30.1 Å². The maximum atomic E-state index is 13.5. The van der Waals surface area contributed by atoms with E-state index < -0.39 is 5.41 Å². The topological polar surface area (TPSA) is 117 Å². The summed E-state index contributed by atoms with van der Waals surface area (Å²) in [5.41, 5.74) is -0.320. The highest BCUT2D eigenvalue weighted by Gasteiger charge is 2.56. The van der Waals surface area contributed by atoms with Crippen molar-refractivity contribution in [2.24, 2.45) is 23.2 Å². The van der Waals surface area contributed by atoms with Crippen LogP contribution in [-0.2, 0) is 9.59 Å². The summed E-state index contributed by atoms with van der Waals surface area (Å²) in [7, 11) is 0. The van der Waals surface area contributed by atoms with E-state index in [4.69, 9.17) is 0 Å². The summed E-state index contributed by atoms with van der Waals surface area (Å²) in [6, 6.07) is 0.203. The van der Waals surface area contributed by atoms with Crippen LogP contribution in [0.25, 0.3) is 6.20 Å². The molecular formula is C27H42N6O3. The van der Waals surface area contributed by atoms with Crippen LogP contribution in [0.2, 0.25) is 0 Å². The van der Waals surface area contributed by atoms with Crippen molar-refractivity contribution < 1.29 is 14.4 Å². The summed E-state index contributed by atoms with van der Waals surface area (Å²) in [6.45, 7) is 11.8. The Hall–Kier alpha value is -2.84. The molecule has 1 aromatic rings. The monoisotopic (exact) mass is 498 g/mol. The SMILES string of the molecule is CCNC(=O)C(C)(C)/C=C/n1ncc(C(=O)NC2C3CC4CC2CC(NC(C)=O)(C4)C3)c1NC(C)C. The van der Waals surface area contributed by atoms with Crippen LogP contribution in [0.3, 0.4) is 0 Å². The predicted octanol–water partition coefficient (Wildman–Crippen LogP) is 3.15. The summed E-state index contributed by atoms with van der Waals surface area (Å²) in [6.07, 6.45) is 10.3. The highest BCUT2D eigenvalue weighted by atomic mass is 16.2. The summed E-state index contributed by atoms with van der Waals surface area (Å²) in [5.74, 6) is 1.84. The summed E-state index contributed by atoms with van der Waals surface area (Å²) in [4.78, 5) is 37.8. The van der Waals surface area contributed by atoms with Gasteiger partial charge in [0.25, 0.3) is 5.91 Å². The average molecular weight is 499 g/mol. The molecule has 1 aromatic heterocycles. The van der Waals surface area contributed by atoms with Crippen LogP contribution < -0.4 is 21.3 Å². The lowest BCUT2D eigenvalue weighted by molar-refractivity contribution is -0.127. The molecule has 2 unspecified atom stereocenters. The van der Waals surface area contributed by atoms with Gasteiger partial charge in [-0.25, -0.2) is 4.68 Å². The molecule has 4 aliphatic carbocycles. The number of aromatic nitrogens is 2. The van der Waals surface area contributed by atoms with Crippen molar-refractivity contribution in [2.75, 3.05) is 11.9 Å². The number of amides is 3. The average Bonchev–Trinajstić information content (AvgIpc) is 3.15. The zero-order chi connectivity index (χ0) is 26.3. The van der Waals surface area contributed by atoms with Crippen molar-refractivity contribution in [3.8, 4) is 0 Å². The minimum absolute atomic E-state index is 0.0396. The van der Waals surface area contributed by atoms with Gasteiger partial charge < -0.3 is 21.3 Å². The molecule has 1 heterocycles. The van der Waals surface area contributed by atoms with E-state index in [0.717, 1.165) is 32.1 Å². The van der Waals surface area contributed by atoms with Crippen LogP contribution in [0.5, 0.6) is 0 Å². The maximum Gasteiger partial charge on any atom is 0.256 e. The maximum absolute atomic E-state index is 13.5. The van der Waals surface area contributed by atoms with Crippen LogP contribution in [0.4, 0.5) is 5.82 Å². The smallest absolute Gasteiger partial charge is 0.256 e. The predicted molar refractivity (Wildman–Crippen MR) is 140 cm³/mol. The van der Waals surface area contributed by atoms with Crippen molar-refractivity contribution in [3.63, 3.8) is 0 Å². The number of nitrogens with zero attached hydrogens (tertiary/aromatic N) is 2. The molecular weight excluding hydrogens is 456 g/mol. The van der Waals surface area contributed by atoms with Crippen LogP contribution in [0.15, 0.2) is 12.3 Å². The Morgan fingerprint density at radius 1 is 1.19 bits per heavy atom. The largest absolute Gasteiger partial charge is 0.367 e. The minimum Gasteiger partial charge on any atom is -0.367 e. The summed E-state index contributed by atoms with van der Waals surface area (Å²) < 4.78 is 1.64. The van der Waals surface area contributed by atoms with Crippen LogP contribution in [-0.4, -0.2) is 51.7 Å². The third-order valence-electron chi connectivity index (χ3n) is 8.03. The zero-order valence-electron chi connectivity index (χ0n) is 22.5. The first-order chi connectivity index (χ1) is 16.9. The van der Waals surface area contributed by atoms with Gasteiger partial charge in [0.05, 0.1) is 11.6 Å². The Morgan fingerprint density at radius 3 is 2.44 bits per heavy atom. The summed E-state index contributed by atoms with van der Waals surface area (Å²) >= 11 is 0. The molecule has 36 heavy (non-hydrogen) atoms. The van der Waals surface area contributed by atoms with E-state index in [1.807, 2.05) is 34.6 Å². The van der Waals surface area contributed by atoms with Gasteiger partial charge in [0.15, 0.2) is 0 Å². The van der Waals surface area contributed by atoms with Gasteiger partial charge in [-0.2, -0.15) is 5.10 Å². The van der Waals surface area contributed by atoms with Gasteiger partial charge in [0.1, 0.15) is 11.4 Å². The first-order valence-corrected chi connectivity index (χ1v) is 13.3. The van der Waals surface area contributed by atoms with E-state index in [0.29, 0.717) is 35.7 Å². The number of hydrogen-bond acceptors (Lipinski definition) is 5. The third-order valence-corrected chi connectivity index (χ3v) is 8.03.